The fourth-order valence-corrected chi connectivity index (χ4v) is 4.16. The molecule has 2 aromatic rings. The summed E-state index contributed by atoms with van der Waals surface area (Å²) in [6.45, 7) is 0.523. The molecule has 1 amide bonds. The lowest BCUT2D eigenvalue weighted by Gasteiger charge is -2.32. The minimum Gasteiger partial charge on any atom is -0.465 e. The Hall–Kier alpha value is -3.15. The predicted molar refractivity (Wildman–Crippen MR) is 107 cm³/mol. The Morgan fingerprint density at radius 3 is 2.52 bits per heavy atom. The third kappa shape index (κ3) is 4.95. The molecule has 0 bridgehead atoms. The van der Waals surface area contributed by atoms with E-state index in [1.54, 1.807) is 16.3 Å². The lowest BCUT2D eigenvalue weighted by Crippen LogP contribution is -2.38. The number of nitrogens with zero attached hydrogens (tertiary/aromatic N) is 2. The molecule has 8 nitrogen and oxygen atoms in total. The molecular formula is C19H18F3N3O5S. The molecule has 2 heterocycles. The quantitative estimate of drug-likeness (QED) is 0.408. The molecule has 1 aliphatic heterocycles. The minimum atomic E-state index is -4.68. The van der Waals surface area contributed by atoms with Gasteiger partial charge < -0.3 is 15.0 Å². The SMILES string of the molecule is COC(=O)c1sccc1NC(=O)C1CCN(c2ccc(C(F)(F)F)cc2[N+](=O)[O-])CC1. The standard InChI is InChI=1S/C19H18F3N3O5S/c1-30-18(27)16-13(6-9-31-16)23-17(26)11-4-7-24(8-5-11)14-3-2-12(19(20,21)22)10-15(14)25(28)29/h2-3,6,9-11H,4-5,7-8H2,1H3,(H,23,26). The maximum absolute atomic E-state index is 12.9. The van der Waals surface area contributed by atoms with Gasteiger partial charge in [0, 0.05) is 25.1 Å². The molecule has 1 aromatic heterocycles. The first-order valence-corrected chi connectivity index (χ1v) is 10.1. The molecule has 0 spiro atoms. The van der Waals surface area contributed by atoms with Crippen molar-refractivity contribution in [3.8, 4) is 0 Å². The summed E-state index contributed by atoms with van der Waals surface area (Å²) in [5.74, 6) is -1.27. The summed E-state index contributed by atoms with van der Waals surface area (Å²) in [5.41, 5.74) is -1.28. The van der Waals surface area contributed by atoms with Gasteiger partial charge in [0.15, 0.2) is 0 Å². The van der Waals surface area contributed by atoms with E-state index in [-0.39, 0.29) is 29.6 Å². The van der Waals surface area contributed by atoms with E-state index in [0.717, 1.165) is 23.5 Å². The van der Waals surface area contributed by atoms with Crippen LogP contribution < -0.4 is 10.2 Å². The summed E-state index contributed by atoms with van der Waals surface area (Å²) < 4.78 is 43.4. The van der Waals surface area contributed by atoms with E-state index in [1.807, 2.05) is 0 Å². The van der Waals surface area contributed by atoms with E-state index in [0.29, 0.717) is 24.6 Å². The van der Waals surface area contributed by atoms with E-state index in [9.17, 15) is 32.9 Å². The fourth-order valence-electron chi connectivity index (χ4n) is 3.39. The van der Waals surface area contributed by atoms with Crippen molar-refractivity contribution in [2.45, 2.75) is 19.0 Å². The highest BCUT2D eigenvalue weighted by Gasteiger charge is 2.35. The second-order valence-corrected chi connectivity index (χ2v) is 7.78. The van der Waals surface area contributed by atoms with Gasteiger partial charge in [0.25, 0.3) is 5.69 Å². The number of methoxy groups -OCH3 is 1. The molecular weight excluding hydrogens is 439 g/mol. The van der Waals surface area contributed by atoms with Crippen LogP contribution in [0.3, 0.4) is 0 Å². The third-order valence-electron chi connectivity index (χ3n) is 5.00. The molecule has 1 N–H and O–H groups in total. The first kappa shape index (κ1) is 22.5. The number of carbonyl (C=O) groups excluding carboxylic acids is 2. The molecule has 166 valence electrons. The normalized spacial score (nSPS) is 14.9. The number of rotatable bonds is 5. The summed E-state index contributed by atoms with van der Waals surface area (Å²) in [6, 6.07) is 4.02. The van der Waals surface area contributed by atoms with Crippen LogP contribution in [-0.4, -0.2) is 37.0 Å². The summed E-state index contributed by atoms with van der Waals surface area (Å²) in [6.07, 6.45) is -3.98. The molecule has 0 radical (unpaired) electrons. The number of nitro benzene ring substituents is 1. The predicted octanol–water partition coefficient (Wildman–Crippen LogP) is 4.32. The number of benzene rings is 1. The molecule has 0 saturated carbocycles. The van der Waals surface area contributed by atoms with Gasteiger partial charge in [-0.1, -0.05) is 0 Å². The number of hydrogen-bond donors (Lipinski definition) is 1. The molecule has 3 rings (SSSR count). The smallest absolute Gasteiger partial charge is 0.416 e. The zero-order valence-electron chi connectivity index (χ0n) is 16.3. The summed E-state index contributed by atoms with van der Waals surface area (Å²) >= 11 is 1.13. The van der Waals surface area contributed by atoms with Crippen molar-refractivity contribution in [3.63, 3.8) is 0 Å². The molecule has 1 aliphatic rings. The van der Waals surface area contributed by atoms with Crippen LogP contribution >= 0.6 is 11.3 Å². The van der Waals surface area contributed by atoms with Gasteiger partial charge in [-0.15, -0.1) is 11.3 Å². The number of esters is 1. The van der Waals surface area contributed by atoms with Gasteiger partial charge in [-0.05, 0) is 36.4 Å². The number of carbonyl (C=O) groups is 2. The van der Waals surface area contributed by atoms with Crippen LogP contribution in [0.5, 0.6) is 0 Å². The Balaban J connectivity index is 1.68. The highest BCUT2D eigenvalue weighted by atomic mass is 32.1. The number of hydrogen-bond acceptors (Lipinski definition) is 7. The lowest BCUT2D eigenvalue weighted by molar-refractivity contribution is -0.384. The monoisotopic (exact) mass is 457 g/mol. The summed E-state index contributed by atoms with van der Waals surface area (Å²) in [4.78, 5) is 36.7. The van der Waals surface area contributed by atoms with Crippen LogP contribution in [0.15, 0.2) is 29.6 Å². The number of ether oxygens (including phenoxy) is 1. The minimum absolute atomic E-state index is 0.0858. The van der Waals surface area contributed by atoms with Gasteiger partial charge in [-0.25, -0.2) is 4.79 Å². The average Bonchev–Trinajstić information content (AvgIpc) is 3.20. The van der Waals surface area contributed by atoms with Crippen LogP contribution in [0, 0.1) is 16.0 Å². The van der Waals surface area contributed by atoms with Gasteiger partial charge in [-0.3, -0.25) is 14.9 Å². The number of thiophene rings is 1. The number of nitrogens with one attached hydrogen (secondary N) is 1. The van der Waals surface area contributed by atoms with Gasteiger partial charge in [0.1, 0.15) is 10.6 Å². The molecule has 0 atom stereocenters. The van der Waals surface area contributed by atoms with Crippen molar-refractivity contribution in [1.29, 1.82) is 0 Å². The molecule has 31 heavy (non-hydrogen) atoms. The number of amides is 1. The van der Waals surface area contributed by atoms with E-state index in [4.69, 9.17) is 0 Å². The molecule has 12 heteroatoms. The van der Waals surface area contributed by atoms with E-state index >= 15 is 0 Å². The van der Waals surface area contributed by atoms with Crippen molar-refractivity contribution < 1.29 is 32.4 Å². The van der Waals surface area contributed by atoms with Crippen LogP contribution in [0.4, 0.5) is 30.2 Å². The van der Waals surface area contributed by atoms with Crippen molar-refractivity contribution in [2.75, 3.05) is 30.4 Å². The van der Waals surface area contributed by atoms with Gasteiger partial charge in [0.05, 0.1) is 23.3 Å². The second-order valence-electron chi connectivity index (χ2n) is 6.86. The molecule has 0 aliphatic carbocycles. The topological polar surface area (TPSA) is 102 Å². The fraction of sp³-hybridized carbons (Fsp3) is 0.368. The van der Waals surface area contributed by atoms with Crippen LogP contribution in [0.2, 0.25) is 0 Å². The van der Waals surface area contributed by atoms with Crippen LogP contribution in [-0.2, 0) is 15.7 Å². The Morgan fingerprint density at radius 1 is 1.26 bits per heavy atom. The number of alkyl halides is 3. The molecule has 1 aromatic carbocycles. The van der Waals surface area contributed by atoms with Crippen molar-refractivity contribution in [1.82, 2.24) is 0 Å². The van der Waals surface area contributed by atoms with Crippen molar-refractivity contribution >= 4 is 40.3 Å². The summed E-state index contributed by atoms with van der Waals surface area (Å²) in [7, 11) is 1.24. The van der Waals surface area contributed by atoms with E-state index in [1.165, 1.54) is 7.11 Å². The van der Waals surface area contributed by atoms with Crippen LogP contribution in [0.1, 0.15) is 28.1 Å². The average molecular weight is 457 g/mol. The number of nitro groups is 1. The maximum atomic E-state index is 12.9. The summed E-state index contributed by atoms with van der Waals surface area (Å²) in [5, 5.41) is 15.7. The van der Waals surface area contributed by atoms with E-state index in [2.05, 4.69) is 10.1 Å². The first-order valence-electron chi connectivity index (χ1n) is 9.19. The number of piperidine rings is 1. The first-order chi connectivity index (χ1) is 14.6. The Kier molecular flexibility index (Phi) is 6.48. The van der Waals surface area contributed by atoms with Gasteiger partial charge >= 0.3 is 12.1 Å². The Bertz CT molecular complexity index is 1000. The number of halogens is 3. The molecule has 1 fully saturated rings. The second kappa shape index (κ2) is 8.92. The van der Waals surface area contributed by atoms with Gasteiger partial charge in [0.2, 0.25) is 5.91 Å². The highest BCUT2D eigenvalue weighted by molar-refractivity contribution is 7.12. The zero-order valence-corrected chi connectivity index (χ0v) is 17.1. The molecule has 0 unspecified atom stereocenters. The van der Waals surface area contributed by atoms with Crippen molar-refractivity contribution in [3.05, 3.63) is 50.2 Å². The number of anilines is 2. The molecule has 1 saturated heterocycles. The highest BCUT2D eigenvalue weighted by Crippen LogP contribution is 2.38. The Morgan fingerprint density at radius 2 is 1.94 bits per heavy atom. The van der Waals surface area contributed by atoms with E-state index < -0.39 is 34.2 Å². The largest absolute Gasteiger partial charge is 0.465 e. The Labute approximate surface area is 178 Å². The van der Waals surface area contributed by atoms with Crippen LogP contribution in [0.25, 0.3) is 0 Å². The van der Waals surface area contributed by atoms with Crippen molar-refractivity contribution in [2.24, 2.45) is 5.92 Å². The lowest BCUT2D eigenvalue weighted by atomic mass is 9.95. The van der Waals surface area contributed by atoms with Gasteiger partial charge in [-0.2, -0.15) is 13.2 Å². The third-order valence-corrected chi connectivity index (χ3v) is 5.89. The maximum Gasteiger partial charge on any atom is 0.416 e. The zero-order chi connectivity index (χ0) is 22.8.